The molecule has 2 unspecified atom stereocenters. The van der Waals surface area contributed by atoms with E-state index in [4.69, 9.17) is 16.3 Å². The first-order valence-electron chi connectivity index (χ1n) is 7.07. The van der Waals surface area contributed by atoms with Gasteiger partial charge in [-0.05, 0) is 24.6 Å². The number of nitrogens with zero attached hydrogens (tertiary/aromatic N) is 1. The summed E-state index contributed by atoms with van der Waals surface area (Å²) in [6.07, 6.45) is 4.64. The first kappa shape index (κ1) is 14.3. The van der Waals surface area contributed by atoms with Gasteiger partial charge < -0.3 is 10.1 Å². The van der Waals surface area contributed by atoms with Gasteiger partial charge in [-0.1, -0.05) is 35.9 Å². The third-order valence-electron chi connectivity index (χ3n) is 4.06. The number of carbonyl (C=O) groups is 1. The Hall–Kier alpha value is -1.65. The van der Waals surface area contributed by atoms with Gasteiger partial charge in [0, 0.05) is 18.7 Å². The summed E-state index contributed by atoms with van der Waals surface area (Å²) in [6.45, 7) is 0. The Kier molecular flexibility index (Phi) is 4.08. The average Bonchev–Trinajstić information content (AvgIpc) is 2.95. The number of aromatic nitrogens is 1. The fourth-order valence-corrected chi connectivity index (χ4v) is 3.17. The molecule has 2 atom stereocenters. The number of hydrogen-bond donors (Lipinski definition) is 1. The van der Waals surface area contributed by atoms with E-state index in [1.807, 2.05) is 24.3 Å². The number of hydrogen-bond acceptors (Lipinski definition) is 3. The zero-order chi connectivity index (χ0) is 14.8. The molecule has 3 rings (SSSR count). The van der Waals surface area contributed by atoms with Crippen LogP contribution in [0.15, 0.2) is 30.5 Å². The van der Waals surface area contributed by atoms with Crippen LogP contribution in [0.4, 0.5) is 0 Å². The van der Waals surface area contributed by atoms with Crippen LogP contribution >= 0.6 is 11.6 Å². The number of carbonyl (C=O) groups excluding carboxylic acids is 1. The summed E-state index contributed by atoms with van der Waals surface area (Å²) in [5.74, 6) is -0.121. The smallest absolute Gasteiger partial charge is 0.253 e. The van der Waals surface area contributed by atoms with Crippen molar-refractivity contribution >= 4 is 28.3 Å². The maximum Gasteiger partial charge on any atom is 0.253 e. The van der Waals surface area contributed by atoms with E-state index in [1.165, 1.54) is 6.20 Å². The quantitative estimate of drug-likeness (QED) is 0.886. The normalized spacial score (nSPS) is 21.6. The molecule has 0 aliphatic heterocycles. The second-order valence-corrected chi connectivity index (χ2v) is 5.65. The van der Waals surface area contributed by atoms with Crippen LogP contribution in [0, 0.1) is 0 Å². The number of amides is 1. The Morgan fingerprint density at radius 1 is 1.33 bits per heavy atom. The lowest BCUT2D eigenvalue weighted by Crippen LogP contribution is -2.40. The van der Waals surface area contributed by atoms with E-state index in [2.05, 4.69) is 10.3 Å². The number of halogens is 1. The molecule has 1 aliphatic rings. The third kappa shape index (κ3) is 2.74. The Morgan fingerprint density at radius 3 is 2.86 bits per heavy atom. The highest BCUT2D eigenvalue weighted by Crippen LogP contribution is 2.26. The maximum absolute atomic E-state index is 12.5. The zero-order valence-corrected chi connectivity index (χ0v) is 12.6. The number of benzene rings is 1. The molecule has 1 amide bonds. The standard InChI is InChI=1S/C16H17ClN2O2/c1-21-14-8-4-7-13(14)19-16(20)12-9-18-15(17)11-6-3-2-5-10(11)12/h2-3,5-6,9,13-14H,4,7-8H2,1H3,(H,19,20). The van der Waals surface area contributed by atoms with Gasteiger partial charge in [0.1, 0.15) is 5.15 Å². The summed E-state index contributed by atoms with van der Waals surface area (Å²) < 4.78 is 5.42. The lowest BCUT2D eigenvalue weighted by atomic mass is 10.1. The largest absolute Gasteiger partial charge is 0.379 e. The molecule has 0 saturated heterocycles. The van der Waals surface area contributed by atoms with Crippen molar-refractivity contribution in [2.24, 2.45) is 0 Å². The summed E-state index contributed by atoms with van der Waals surface area (Å²) in [4.78, 5) is 16.7. The van der Waals surface area contributed by atoms with Crippen molar-refractivity contribution in [2.75, 3.05) is 7.11 Å². The third-order valence-corrected chi connectivity index (χ3v) is 4.36. The molecule has 1 aromatic heterocycles. The topological polar surface area (TPSA) is 51.2 Å². The van der Waals surface area contributed by atoms with E-state index in [0.29, 0.717) is 10.7 Å². The molecular formula is C16H17ClN2O2. The number of methoxy groups -OCH3 is 1. The molecule has 4 nitrogen and oxygen atoms in total. The fourth-order valence-electron chi connectivity index (χ4n) is 2.96. The number of fused-ring (bicyclic) bond motifs is 1. The van der Waals surface area contributed by atoms with Gasteiger partial charge in [0.25, 0.3) is 5.91 Å². The highest BCUT2D eigenvalue weighted by molar-refractivity contribution is 6.34. The van der Waals surface area contributed by atoms with Crippen molar-refractivity contribution in [2.45, 2.75) is 31.4 Å². The first-order valence-corrected chi connectivity index (χ1v) is 7.45. The molecular weight excluding hydrogens is 288 g/mol. The van der Waals surface area contributed by atoms with Crippen LogP contribution in [0.25, 0.3) is 10.8 Å². The average molecular weight is 305 g/mol. The van der Waals surface area contributed by atoms with Crippen LogP contribution in [-0.4, -0.2) is 30.1 Å². The molecule has 1 heterocycles. The fraction of sp³-hybridized carbons (Fsp3) is 0.375. The van der Waals surface area contributed by atoms with Gasteiger partial charge in [-0.3, -0.25) is 4.79 Å². The van der Waals surface area contributed by atoms with Gasteiger partial charge in [-0.15, -0.1) is 0 Å². The molecule has 0 spiro atoms. The van der Waals surface area contributed by atoms with Crippen molar-refractivity contribution in [1.82, 2.24) is 10.3 Å². The van der Waals surface area contributed by atoms with Gasteiger partial charge in [0.05, 0.1) is 17.7 Å². The summed E-state index contributed by atoms with van der Waals surface area (Å²) in [7, 11) is 1.69. The van der Waals surface area contributed by atoms with Crippen LogP contribution < -0.4 is 5.32 Å². The second kappa shape index (κ2) is 6.00. The number of nitrogens with one attached hydrogen (secondary N) is 1. The minimum absolute atomic E-state index is 0.0666. The lowest BCUT2D eigenvalue weighted by molar-refractivity contribution is 0.0723. The SMILES string of the molecule is COC1CCCC1NC(=O)c1cnc(Cl)c2ccccc12. The molecule has 1 fully saturated rings. The van der Waals surface area contributed by atoms with E-state index < -0.39 is 0 Å². The van der Waals surface area contributed by atoms with Crippen molar-refractivity contribution in [3.05, 3.63) is 41.2 Å². The highest BCUT2D eigenvalue weighted by atomic mass is 35.5. The van der Waals surface area contributed by atoms with E-state index in [9.17, 15) is 4.79 Å². The molecule has 2 aromatic rings. The van der Waals surface area contributed by atoms with E-state index in [-0.39, 0.29) is 18.1 Å². The van der Waals surface area contributed by atoms with E-state index in [0.717, 1.165) is 30.0 Å². The zero-order valence-electron chi connectivity index (χ0n) is 11.8. The monoisotopic (exact) mass is 304 g/mol. The summed E-state index contributed by atoms with van der Waals surface area (Å²) in [6, 6.07) is 7.60. The lowest BCUT2D eigenvalue weighted by Gasteiger charge is -2.20. The van der Waals surface area contributed by atoms with Gasteiger partial charge in [-0.25, -0.2) is 4.98 Å². The minimum atomic E-state index is -0.121. The summed E-state index contributed by atoms with van der Waals surface area (Å²) >= 11 is 6.09. The van der Waals surface area contributed by atoms with Crippen molar-refractivity contribution in [1.29, 1.82) is 0 Å². The van der Waals surface area contributed by atoms with Crippen molar-refractivity contribution in [3.8, 4) is 0 Å². The van der Waals surface area contributed by atoms with Gasteiger partial charge in [0.2, 0.25) is 0 Å². The van der Waals surface area contributed by atoms with E-state index >= 15 is 0 Å². The maximum atomic E-state index is 12.5. The van der Waals surface area contributed by atoms with E-state index in [1.54, 1.807) is 7.11 Å². The Balaban J connectivity index is 1.90. The highest BCUT2D eigenvalue weighted by Gasteiger charge is 2.29. The number of rotatable bonds is 3. The van der Waals surface area contributed by atoms with Crippen LogP contribution in [0.3, 0.4) is 0 Å². The molecule has 1 aliphatic carbocycles. The van der Waals surface area contributed by atoms with Crippen LogP contribution in [0.2, 0.25) is 5.15 Å². The van der Waals surface area contributed by atoms with Crippen LogP contribution in [-0.2, 0) is 4.74 Å². The van der Waals surface area contributed by atoms with Gasteiger partial charge >= 0.3 is 0 Å². The molecule has 5 heteroatoms. The van der Waals surface area contributed by atoms with Crippen molar-refractivity contribution < 1.29 is 9.53 Å². The Bertz CT molecular complexity index is 674. The summed E-state index contributed by atoms with van der Waals surface area (Å²) in [5.41, 5.74) is 0.553. The number of ether oxygens (including phenoxy) is 1. The minimum Gasteiger partial charge on any atom is -0.379 e. The van der Waals surface area contributed by atoms with Crippen LogP contribution in [0.5, 0.6) is 0 Å². The number of pyridine rings is 1. The van der Waals surface area contributed by atoms with Crippen LogP contribution in [0.1, 0.15) is 29.6 Å². The first-order chi connectivity index (χ1) is 10.2. The molecule has 1 saturated carbocycles. The summed E-state index contributed by atoms with van der Waals surface area (Å²) in [5, 5.41) is 5.09. The molecule has 1 aromatic carbocycles. The van der Waals surface area contributed by atoms with Gasteiger partial charge in [0.15, 0.2) is 0 Å². The Morgan fingerprint density at radius 2 is 2.10 bits per heavy atom. The molecule has 21 heavy (non-hydrogen) atoms. The molecule has 0 bridgehead atoms. The molecule has 0 radical (unpaired) electrons. The van der Waals surface area contributed by atoms with Crippen molar-refractivity contribution in [3.63, 3.8) is 0 Å². The molecule has 110 valence electrons. The predicted octanol–water partition coefficient (Wildman–Crippen LogP) is 3.19. The Labute approximate surface area is 128 Å². The molecule has 1 N–H and O–H groups in total. The second-order valence-electron chi connectivity index (χ2n) is 5.29. The van der Waals surface area contributed by atoms with Gasteiger partial charge in [-0.2, -0.15) is 0 Å². The predicted molar refractivity (Wildman–Crippen MR) is 82.7 cm³/mol.